The highest BCUT2D eigenvalue weighted by atomic mass is 16.6. The van der Waals surface area contributed by atoms with Crippen molar-refractivity contribution in [2.24, 2.45) is 0 Å². The molecule has 15 heavy (non-hydrogen) atoms. The lowest BCUT2D eigenvalue weighted by molar-refractivity contribution is -0.157. The number of carboxylic acid groups (broad SMARTS) is 1. The molecule has 0 heterocycles. The third-order valence-electron chi connectivity index (χ3n) is 1.40. The van der Waals surface area contributed by atoms with Gasteiger partial charge in [0, 0.05) is 6.61 Å². The van der Waals surface area contributed by atoms with Gasteiger partial charge in [-0.15, -0.1) is 0 Å². The lowest BCUT2D eigenvalue weighted by atomic mass is 10.2. The van der Waals surface area contributed by atoms with Crippen LogP contribution >= 0.6 is 0 Å². The first-order valence-corrected chi connectivity index (χ1v) is 4.64. The molecule has 1 N–H and O–H groups in total. The van der Waals surface area contributed by atoms with Gasteiger partial charge < -0.3 is 14.6 Å². The van der Waals surface area contributed by atoms with Crippen LogP contribution in [0.25, 0.3) is 0 Å². The fourth-order valence-corrected chi connectivity index (χ4v) is 0.822. The minimum Gasteiger partial charge on any atom is -0.481 e. The molecule has 5 heteroatoms. The number of hydrogen-bond donors (Lipinski definition) is 1. The van der Waals surface area contributed by atoms with Gasteiger partial charge in [-0.2, -0.15) is 0 Å². The van der Waals surface area contributed by atoms with E-state index in [9.17, 15) is 9.59 Å². The monoisotopic (exact) mass is 216 g/mol. The Balaban J connectivity index is 4.28. The predicted octanol–water partition coefficient (Wildman–Crippen LogP) is 1.33. The summed E-state index contributed by atoms with van der Waals surface area (Å²) in [4.78, 5) is 21.7. The molecule has 0 aliphatic rings. The molecule has 0 bridgehead atoms. The van der Waals surface area contributed by atoms with Crippen LogP contribution in [-0.4, -0.2) is 29.8 Å². The van der Waals surface area contributed by atoms with Gasteiger partial charge in [0.1, 0.15) is 0 Å². The molecule has 0 aromatic carbocycles. The average Bonchev–Trinajstić information content (AvgIpc) is 2.12. The van der Waals surface area contributed by atoms with E-state index in [1.807, 2.05) is 0 Å². The number of aliphatic carboxylic acids is 1. The molecule has 0 aliphatic carbocycles. The molecule has 0 radical (unpaired) electrons. The topological polar surface area (TPSA) is 72.8 Å². The van der Waals surface area contributed by atoms with Gasteiger partial charge in [-0.3, -0.25) is 4.79 Å². The molecule has 5 nitrogen and oxygen atoms in total. The smallest absolute Gasteiger partial charge is 0.340 e. The Morgan fingerprint density at radius 2 is 2.00 bits per heavy atom. The molecular weight excluding hydrogens is 200 g/mol. The molecule has 1 atom stereocenters. The summed E-state index contributed by atoms with van der Waals surface area (Å²) in [6.07, 6.45) is -0.150. The van der Waals surface area contributed by atoms with E-state index in [1.54, 1.807) is 20.8 Å². The lowest BCUT2D eigenvalue weighted by Crippen LogP contribution is -2.28. The van der Waals surface area contributed by atoms with Crippen molar-refractivity contribution in [1.82, 2.24) is 0 Å². The van der Waals surface area contributed by atoms with Crippen LogP contribution in [0.4, 0.5) is 0 Å². The molecule has 0 rings (SSSR count). The van der Waals surface area contributed by atoms with Crippen LogP contribution in [0.5, 0.6) is 0 Å². The Morgan fingerprint density at radius 3 is 2.40 bits per heavy atom. The van der Waals surface area contributed by atoms with E-state index in [0.717, 1.165) is 5.57 Å². The third-order valence-corrected chi connectivity index (χ3v) is 1.40. The van der Waals surface area contributed by atoms with Crippen molar-refractivity contribution in [3.63, 3.8) is 0 Å². The van der Waals surface area contributed by atoms with E-state index in [1.165, 1.54) is 6.26 Å². The largest absolute Gasteiger partial charge is 0.481 e. The molecule has 0 aromatic heterocycles. The summed E-state index contributed by atoms with van der Waals surface area (Å²) in [7, 11) is 0. The fraction of sp³-hybridized carbons (Fsp3) is 0.600. The van der Waals surface area contributed by atoms with Crippen molar-refractivity contribution < 1.29 is 24.2 Å². The van der Waals surface area contributed by atoms with E-state index in [-0.39, 0.29) is 13.0 Å². The van der Waals surface area contributed by atoms with Crippen molar-refractivity contribution in [2.45, 2.75) is 33.3 Å². The Labute approximate surface area is 88.7 Å². The summed E-state index contributed by atoms with van der Waals surface area (Å²) in [5.74, 6) is -1.77. The molecule has 0 spiro atoms. The van der Waals surface area contributed by atoms with Gasteiger partial charge in [-0.05, 0) is 26.3 Å². The lowest BCUT2D eigenvalue weighted by Gasteiger charge is -2.12. The van der Waals surface area contributed by atoms with Gasteiger partial charge in [0.15, 0.2) is 6.10 Å². The Kier molecular flexibility index (Phi) is 6.37. The first kappa shape index (κ1) is 13.6. The number of allylic oxidation sites excluding steroid dienone is 1. The number of esters is 1. The first-order chi connectivity index (χ1) is 6.97. The number of carboxylic acids is 1. The Bertz CT molecular complexity index is 253. The third kappa shape index (κ3) is 6.68. The highest BCUT2D eigenvalue weighted by Gasteiger charge is 2.22. The zero-order valence-corrected chi connectivity index (χ0v) is 9.15. The first-order valence-electron chi connectivity index (χ1n) is 4.64. The SMILES string of the molecule is CCOC(CC(=O)O)C(=O)OC=C(C)C. The zero-order valence-electron chi connectivity index (χ0n) is 9.15. The van der Waals surface area contributed by atoms with Crippen LogP contribution in [0.1, 0.15) is 27.2 Å². The summed E-state index contributed by atoms with van der Waals surface area (Å²) < 4.78 is 9.69. The van der Waals surface area contributed by atoms with Crippen molar-refractivity contribution in [3.05, 3.63) is 11.8 Å². The second-order valence-corrected chi connectivity index (χ2v) is 3.17. The van der Waals surface area contributed by atoms with Gasteiger partial charge in [0.05, 0.1) is 12.7 Å². The summed E-state index contributed by atoms with van der Waals surface area (Å²) in [5, 5.41) is 8.53. The molecule has 0 amide bonds. The van der Waals surface area contributed by atoms with Crippen molar-refractivity contribution in [3.8, 4) is 0 Å². The van der Waals surface area contributed by atoms with Crippen LogP contribution in [0, 0.1) is 0 Å². The normalized spacial score (nSPS) is 11.7. The fourth-order valence-electron chi connectivity index (χ4n) is 0.822. The maximum atomic E-state index is 11.3. The highest BCUT2D eigenvalue weighted by molar-refractivity contribution is 5.81. The van der Waals surface area contributed by atoms with E-state index in [0.29, 0.717) is 0 Å². The number of ether oxygens (including phenoxy) is 2. The van der Waals surface area contributed by atoms with Gasteiger partial charge >= 0.3 is 11.9 Å². The summed E-state index contributed by atoms with van der Waals surface area (Å²) in [6.45, 7) is 5.48. The minimum absolute atomic E-state index is 0.266. The molecule has 1 unspecified atom stereocenters. The van der Waals surface area contributed by atoms with Crippen LogP contribution in [0.15, 0.2) is 11.8 Å². The Hall–Kier alpha value is -1.36. The standard InChI is InChI=1S/C10H16O5/c1-4-14-8(5-9(11)12)10(13)15-6-7(2)3/h6,8H,4-5H2,1-3H3,(H,11,12). The van der Waals surface area contributed by atoms with Crippen molar-refractivity contribution in [2.75, 3.05) is 6.61 Å². The predicted molar refractivity (Wildman–Crippen MR) is 53.2 cm³/mol. The number of rotatable bonds is 6. The van der Waals surface area contributed by atoms with Gasteiger partial charge in [0.25, 0.3) is 0 Å². The molecule has 0 aliphatic heterocycles. The van der Waals surface area contributed by atoms with Crippen LogP contribution in [-0.2, 0) is 19.1 Å². The summed E-state index contributed by atoms with van der Waals surface area (Å²) in [5.41, 5.74) is 0.814. The second kappa shape index (κ2) is 7.00. The molecule has 0 saturated carbocycles. The molecular formula is C10H16O5. The maximum Gasteiger partial charge on any atom is 0.340 e. The highest BCUT2D eigenvalue weighted by Crippen LogP contribution is 2.03. The minimum atomic E-state index is -1.09. The second-order valence-electron chi connectivity index (χ2n) is 3.17. The quantitative estimate of drug-likeness (QED) is 0.535. The van der Waals surface area contributed by atoms with Crippen molar-refractivity contribution >= 4 is 11.9 Å². The van der Waals surface area contributed by atoms with Crippen molar-refractivity contribution in [1.29, 1.82) is 0 Å². The average molecular weight is 216 g/mol. The molecule has 0 fully saturated rings. The molecule has 0 aromatic rings. The zero-order chi connectivity index (χ0) is 11.8. The van der Waals surface area contributed by atoms with E-state index >= 15 is 0 Å². The van der Waals surface area contributed by atoms with Gasteiger partial charge in [-0.1, -0.05) is 0 Å². The molecule has 0 saturated heterocycles. The van der Waals surface area contributed by atoms with E-state index < -0.39 is 18.0 Å². The number of carbonyl (C=O) groups excluding carboxylic acids is 1. The number of carbonyl (C=O) groups is 2. The van der Waals surface area contributed by atoms with E-state index in [4.69, 9.17) is 14.6 Å². The van der Waals surface area contributed by atoms with Crippen LogP contribution < -0.4 is 0 Å². The molecule has 86 valence electrons. The summed E-state index contributed by atoms with van der Waals surface area (Å²) in [6, 6.07) is 0. The summed E-state index contributed by atoms with van der Waals surface area (Å²) >= 11 is 0. The van der Waals surface area contributed by atoms with E-state index in [2.05, 4.69) is 0 Å². The van der Waals surface area contributed by atoms with Crippen LogP contribution in [0.2, 0.25) is 0 Å². The number of hydrogen-bond acceptors (Lipinski definition) is 4. The van der Waals surface area contributed by atoms with Gasteiger partial charge in [0.2, 0.25) is 0 Å². The van der Waals surface area contributed by atoms with Gasteiger partial charge in [-0.25, -0.2) is 4.79 Å². The maximum absolute atomic E-state index is 11.3. The van der Waals surface area contributed by atoms with Crippen LogP contribution in [0.3, 0.4) is 0 Å². The Morgan fingerprint density at radius 1 is 1.40 bits per heavy atom.